The largest absolute Gasteiger partial charge is 0.293 e. The Labute approximate surface area is 117 Å². The number of carbonyl (C=O) groups is 2. The Morgan fingerprint density at radius 2 is 1.35 bits per heavy atom. The van der Waals surface area contributed by atoms with Crippen molar-refractivity contribution in [3.05, 3.63) is 65.7 Å². The van der Waals surface area contributed by atoms with Gasteiger partial charge in [0.1, 0.15) is 5.92 Å². The summed E-state index contributed by atoms with van der Waals surface area (Å²) in [5, 5.41) is 0. The number of Topliss-reactive ketones (excluding diaryl/α,β-unsaturated/α-hetero) is 2. The van der Waals surface area contributed by atoms with Crippen LogP contribution in [0.4, 0.5) is 5.69 Å². The van der Waals surface area contributed by atoms with Crippen molar-refractivity contribution in [3.8, 4) is 0 Å². The van der Waals surface area contributed by atoms with Crippen molar-refractivity contribution in [2.45, 2.75) is 6.92 Å². The van der Waals surface area contributed by atoms with E-state index >= 15 is 0 Å². The van der Waals surface area contributed by atoms with Crippen LogP contribution in [0.25, 0.3) is 0 Å². The van der Waals surface area contributed by atoms with E-state index in [4.69, 9.17) is 0 Å². The van der Waals surface area contributed by atoms with Gasteiger partial charge in [-0.25, -0.2) is 0 Å². The number of ketones is 2. The number of para-hydroxylation sites is 1. The second-order valence-electron chi connectivity index (χ2n) is 4.80. The molecular weight excluding hydrogens is 250 g/mol. The Kier molecular flexibility index (Phi) is 3.03. The molecule has 0 heterocycles. The zero-order chi connectivity index (χ0) is 14.1. The van der Waals surface area contributed by atoms with Gasteiger partial charge in [0, 0.05) is 16.8 Å². The van der Waals surface area contributed by atoms with E-state index < -0.39 is 5.92 Å². The number of hydrogen-bond donors (Lipinski definition) is 0. The maximum Gasteiger partial charge on any atom is 0.180 e. The van der Waals surface area contributed by atoms with Gasteiger partial charge in [0.15, 0.2) is 11.6 Å². The standard InChI is InChI=1S/C17H13NO2/c1-11(18-12-7-3-2-4-8-12)15-16(19)13-9-5-6-10-14(13)17(15)20/h2-10,15H,1H3. The summed E-state index contributed by atoms with van der Waals surface area (Å²) in [6.07, 6.45) is 0. The van der Waals surface area contributed by atoms with Gasteiger partial charge in [-0.3, -0.25) is 14.6 Å². The van der Waals surface area contributed by atoms with E-state index in [9.17, 15) is 9.59 Å². The number of hydrogen-bond acceptors (Lipinski definition) is 3. The number of fused-ring (bicyclic) bond motifs is 1. The number of aliphatic imine (C=N–C) groups is 1. The zero-order valence-electron chi connectivity index (χ0n) is 11.0. The molecule has 3 nitrogen and oxygen atoms in total. The molecule has 0 unspecified atom stereocenters. The highest BCUT2D eigenvalue weighted by atomic mass is 16.2. The smallest absolute Gasteiger partial charge is 0.180 e. The molecule has 20 heavy (non-hydrogen) atoms. The van der Waals surface area contributed by atoms with Crippen LogP contribution in [0.3, 0.4) is 0 Å². The molecule has 0 atom stereocenters. The third-order valence-corrected chi connectivity index (χ3v) is 3.46. The highest BCUT2D eigenvalue weighted by Crippen LogP contribution is 2.28. The SMILES string of the molecule is CC(=Nc1ccccc1)C1C(=O)c2ccccc2C1=O. The van der Waals surface area contributed by atoms with E-state index in [0.717, 1.165) is 5.69 Å². The molecule has 0 aliphatic heterocycles. The highest BCUT2D eigenvalue weighted by Gasteiger charge is 2.39. The topological polar surface area (TPSA) is 46.5 Å². The minimum Gasteiger partial charge on any atom is -0.293 e. The fourth-order valence-electron chi connectivity index (χ4n) is 2.49. The quantitative estimate of drug-likeness (QED) is 0.615. The minimum atomic E-state index is -0.771. The number of carbonyl (C=O) groups excluding carboxylic acids is 2. The lowest BCUT2D eigenvalue weighted by molar-refractivity contribution is 0.0883. The minimum absolute atomic E-state index is 0.150. The van der Waals surface area contributed by atoms with Gasteiger partial charge in [-0.1, -0.05) is 42.5 Å². The van der Waals surface area contributed by atoms with E-state index in [1.54, 1.807) is 31.2 Å². The summed E-state index contributed by atoms with van der Waals surface area (Å²) >= 11 is 0. The van der Waals surface area contributed by atoms with Gasteiger partial charge >= 0.3 is 0 Å². The Hall–Kier alpha value is -2.55. The van der Waals surface area contributed by atoms with Gasteiger partial charge in [-0.05, 0) is 19.1 Å². The van der Waals surface area contributed by atoms with Crippen molar-refractivity contribution >= 4 is 23.0 Å². The second-order valence-corrected chi connectivity index (χ2v) is 4.80. The molecule has 98 valence electrons. The summed E-state index contributed by atoms with van der Waals surface area (Å²) in [7, 11) is 0. The second kappa shape index (κ2) is 4.85. The van der Waals surface area contributed by atoms with Crippen molar-refractivity contribution in [3.63, 3.8) is 0 Å². The third kappa shape index (κ3) is 1.97. The molecule has 2 aromatic rings. The summed E-state index contributed by atoms with van der Waals surface area (Å²) in [6, 6.07) is 16.3. The van der Waals surface area contributed by atoms with Gasteiger partial charge in [0.05, 0.1) is 5.69 Å². The van der Waals surface area contributed by atoms with Gasteiger partial charge in [-0.15, -0.1) is 0 Å². The van der Waals surface area contributed by atoms with Crippen LogP contribution in [0.15, 0.2) is 59.6 Å². The first-order chi connectivity index (χ1) is 9.68. The Morgan fingerprint density at radius 3 is 1.90 bits per heavy atom. The molecule has 1 aliphatic rings. The van der Waals surface area contributed by atoms with Crippen LogP contribution < -0.4 is 0 Å². The highest BCUT2D eigenvalue weighted by molar-refractivity contribution is 6.36. The van der Waals surface area contributed by atoms with Gasteiger partial charge < -0.3 is 0 Å². The third-order valence-electron chi connectivity index (χ3n) is 3.46. The molecule has 0 fully saturated rings. The monoisotopic (exact) mass is 263 g/mol. The lowest BCUT2D eigenvalue weighted by Gasteiger charge is -2.06. The van der Waals surface area contributed by atoms with Crippen molar-refractivity contribution in [2.75, 3.05) is 0 Å². The first-order valence-electron chi connectivity index (χ1n) is 6.46. The summed E-state index contributed by atoms with van der Waals surface area (Å²) in [5.74, 6) is -1.07. The summed E-state index contributed by atoms with van der Waals surface area (Å²) < 4.78 is 0. The van der Waals surface area contributed by atoms with Crippen LogP contribution in [-0.2, 0) is 0 Å². The molecule has 3 heteroatoms. The molecular formula is C17H13NO2. The fourth-order valence-corrected chi connectivity index (χ4v) is 2.49. The Morgan fingerprint density at radius 1 is 0.850 bits per heavy atom. The predicted molar refractivity (Wildman–Crippen MR) is 77.8 cm³/mol. The molecule has 0 amide bonds. The summed E-state index contributed by atoms with van der Waals surface area (Å²) in [6.45, 7) is 1.74. The van der Waals surface area contributed by atoms with Crippen molar-refractivity contribution in [1.29, 1.82) is 0 Å². The van der Waals surface area contributed by atoms with Gasteiger partial charge in [-0.2, -0.15) is 0 Å². The van der Waals surface area contributed by atoms with E-state index in [1.165, 1.54) is 0 Å². The van der Waals surface area contributed by atoms with Crippen LogP contribution in [0.1, 0.15) is 27.6 Å². The van der Waals surface area contributed by atoms with Crippen molar-refractivity contribution in [1.82, 2.24) is 0 Å². The van der Waals surface area contributed by atoms with E-state index in [0.29, 0.717) is 16.8 Å². The van der Waals surface area contributed by atoms with Gasteiger partial charge in [0.2, 0.25) is 0 Å². The first-order valence-corrected chi connectivity index (χ1v) is 6.46. The number of benzene rings is 2. The van der Waals surface area contributed by atoms with E-state index in [2.05, 4.69) is 4.99 Å². The van der Waals surface area contributed by atoms with Crippen LogP contribution >= 0.6 is 0 Å². The first kappa shape index (κ1) is 12.5. The Balaban J connectivity index is 1.99. The normalized spacial score (nSPS) is 15.6. The fraction of sp³-hybridized carbons (Fsp3) is 0.118. The molecule has 0 aromatic heterocycles. The lowest BCUT2D eigenvalue weighted by Crippen LogP contribution is -2.23. The van der Waals surface area contributed by atoms with E-state index in [1.807, 2.05) is 30.3 Å². The zero-order valence-corrected chi connectivity index (χ0v) is 11.0. The molecule has 2 aromatic carbocycles. The average molecular weight is 263 g/mol. The average Bonchev–Trinajstić information content (AvgIpc) is 2.72. The van der Waals surface area contributed by atoms with Crippen LogP contribution in [0.2, 0.25) is 0 Å². The number of nitrogens with zero attached hydrogens (tertiary/aromatic N) is 1. The van der Waals surface area contributed by atoms with Crippen molar-refractivity contribution in [2.24, 2.45) is 10.9 Å². The van der Waals surface area contributed by atoms with Crippen LogP contribution in [0, 0.1) is 5.92 Å². The molecule has 1 aliphatic carbocycles. The van der Waals surface area contributed by atoms with Crippen LogP contribution in [-0.4, -0.2) is 17.3 Å². The summed E-state index contributed by atoms with van der Waals surface area (Å²) in [5.41, 5.74) is 2.30. The lowest BCUT2D eigenvalue weighted by atomic mass is 9.99. The molecule has 0 N–H and O–H groups in total. The predicted octanol–water partition coefficient (Wildman–Crippen LogP) is 3.47. The molecule has 0 saturated carbocycles. The molecule has 0 spiro atoms. The number of rotatable bonds is 2. The summed E-state index contributed by atoms with van der Waals surface area (Å²) in [4.78, 5) is 29.1. The molecule has 0 bridgehead atoms. The maximum absolute atomic E-state index is 12.3. The van der Waals surface area contributed by atoms with E-state index in [-0.39, 0.29) is 11.6 Å². The molecule has 3 rings (SSSR count). The Bertz CT molecular complexity index is 682. The molecule has 0 saturated heterocycles. The van der Waals surface area contributed by atoms with Crippen LogP contribution in [0.5, 0.6) is 0 Å². The van der Waals surface area contributed by atoms with Gasteiger partial charge in [0.25, 0.3) is 0 Å². The molecule has 0 radical (unpaired) electrons. The van der Waals surface area contributed by atoms with Crippen molar-refractivity contribution < 1.29 is 9.59 Å². The maximum atomic E-state index is 12.3.